The highest BCUT2D eigenvalue weighted by Gasteiger charge is 2.24. The number of H-pyrrole nitrogens is 1. The number of ether oxygens (including phenoxy) is 2. The summed E-state index contributed by atoms with van der Waals surface area (Å²) in [6, 6.07) is 10.1. The van der Waals surface area contributed by atoms with Gasteiger partial charge in [0, 0.05) is 0 Å². The van der Waals surface area contributed by atoms with Crippen LogP contribution in [0.1, 0.15) is 28.7 Å². The van der Waals surface area contributed by atoms with Crippen molar-refractivity contribution in [3.05, 3.63) is 53.3 Å². The van der Waals surface area contributed by atoms with Gasteiger partial charge in [0.25, 0.3) is 0 Å². The van der Waals surface area contributed by atoms with E-state index in [0.717, 1.165) is 5.56 Å². The van der Waals surface area contributed by atoms with E-state index < -0.39 is 13.8 Å². The third-order valence-corrected chi connectivity index (χ3v) is 4.28. The predicted octanol–water partition coefficient (Wildman–Crippen LogP) is 3.39. The van der Waals surface area contributed by atoms with Gasteiger partial charge in [-0.1, -0.05) is 18.2 Å². The molecule has 0 saturated carbocycles. The average Bonchev–Trinajstić information content (AvgIpc) is 3.09. The van der Waals surface area contributed by atoms with Crippen molar-refractivity contribution in [1.82, 2.24) is 9.97 Å². The first-order valence-electron chi connectivity index (χ1n) is 8.58. The number of rotatable bonds is 7. The maximum atomic E-state index is 12.0. The number of fused-ring (bicyclic) bond motifs is 1. The van der Waals surface area contributed by atoms with Gasteiger partial charge in [-0.3, -0.25) is 9.79 Å². The summed E-state index contributed by atoms with van der Waals surface area (Å²) >= 11 is 0. The highest BCUT2D eigenvalue weighted by Crippen LogP contribution is 2.37. The summed E-state index contributed by atoms with van der Waals surface area (Å²) in [6.45, 7) is 2.41. The van der Waals surface area contributed by atoms with Gasteiger partial charge in [0.15, 0.2) is 11.5 Å². The molecule has 29 heavy (non-hydrogen) atoms. The number of benzene rings is 2. The molecule has 0 aliphatic carbocycles. The minimum absolute atomic E-state index is 0.0514. The number of hydrogen-bond donors (Lipinski definition) is 3. The van der Waals surface area contributed by atoms with E-state index in [1.807, 2.05) is 19.1 Å². The second kappa shape index (κ2) is 8.48. The van der Waals surface area contributed by atoms with Gasteiger partial charge in [0.2, 0.25) is 0 Å². The van der Waals surface area contributed by atoms with Gasteiger partial charge in [-0.2, -0.15) is 0 Å². The normalized spacial score (nSPS) is 11.7. The lowest BCUT2D eigenvalue weighted by molar-refractivity contribution is 0.0680. The van der Waals surface area contributed by atoms with E-state index in [4.69, 9.17) is 19.3 Å². The summed E-state index contributed by atoms with van der Waals surface area (Å²) in [7, 11) is -3.39. The smallest absolute Gasteiger partial charge is 0.493 e. The summed E-state index contributed by atoms with van der Waals surface area (Å²) in [5.74, 6) is 0.539. The molecule has 0 amide bonds. The van der Waals surface area contributed by atoms with Crippen LogP contribution in [0.15, 0.2) is 36.4 Å². The van der Waals surface area contributed by atoms with Crippen LogP contribution in [0.3, 0.4) is 0 Å². The predicted molar refractivity (Wildman–Crippen MR) is 107 cm³/mol. The van der Waals surface area contributed by atoms with Gasteiger partial charge in [-0.05, 0) is 42.8 Å². The third-order valence-electron chi connectivity index (χ3n) is 3.87. The molecule has 3 rings (SSSR count). The van der Waals surface area contributed by atoms with Crippen molar-refractivity contribution in [2.24, 2.45) is 0 Å². The van der Waals surface area contributed by atoms with E-state index in [9.17, 15) is 9.36 Å². The number of hydrogen-bond acceptors (Lipinski definition) is 6. The number of phosphoric acid groups is 1. The Morgan fingerprint density at radius 2 is 2.00 bits per heavy atom. The molecule has 0 aliphatic heterocycles. The van der Waals surface area contributed by atoms with E-state index in [2.05, 4.69) is 14.5 Å². The first kappa shape index (κ1) is 20.6. The zero-order valence-electron chi connectivity index (χ0n) is 15.7. The summed E-state index contributed by atoms with van der Waals surface area (Å²) < 4.78 is 25.9. The molecule has 1 aromatic heterocycles. The SMILES string of the molecule is CCOc1ccc(/C=C/c2nc3c(C(=O)OP(=O)(O)O)cccc3[nH]2)cc1OC. The second-order valence-electron chi connectivity index (χ2n) is 5.87. The van der Waals surface area contributed by atoms with E-state index in [0.29, 0.717) is 29.4 Å². The number of nitrogens with zero attached hydrogens (tertiary/aromatic N) is 1. The summed E-state index contributed by atoms with van der Waals surface area (Å²) in [5.41, 5.74) is 1.56. The largest absolute Gasteiger partial charge is 0.527 e. The molecule has 0 radical (unpaired) electrons. The fraction of sp³-hybridized carbons (Fsp3) is 0.158. The van der Waals surface area contributed by atoms with Crippen LogP contribution in [0, 0.1) is 0 Å². The molecule has 9 nitrogen and oxygen atoms in total. The zero-order chi connectivity index (χ0) is 21.0. The lowest BCUT2D eigenvalue weighted by Gasteiger charge is -2.09. The lowest BCUT2D eigenvalue weighted by atomic mass is 10.2. The number of carbonyl (C=O) groups excluding carboxylic acids is 1. The van der Waals surface area contributed by atoms with Gasteiger partial charge in [-0.15, -0.1) is 0 Å². The Bertz CT molecular complexity index is 1120. The van der Waals surface area contributed by atoms with Crippen LogP contribution in [-0.4, -0.2) is 39.4 Å². The van der Waals surface area contributed by atoms with Crippen LogP contribution in [0.5, 0.6) is 11.5 Å². The van der Waals surface area contributed by atoms with Gasteiger partial charge in [-0.25, -0.2) is 14.3 Å². The van der Waals surface area contributed by atoms with Gasteiger partial charge < -0.3 is 19.0 Å². The number of aromatic amines is 1. The Kier molecular flexibility index (Phi) is 6.03. The van der Waals surface area contributed by atoms with Crippen molar-refractivity contribution >= 4 is 37.0 Å². The van der Waals surface area contributed by atoms with Crippen molar-refractivity contribution in [3.8, 4) is 11.5 Å². The second-order valence-corrected chi connectivity index (χ2v) is 7.03. The topological polar surface area (TPSA) is 131 Å². The molecule has 1 heterocycles. The van der Waals surface area contributed by atoms with Crippen molar-refractivity contribution in [1.29, 1.82) is 0 Å². The van der Waals surface area contributed by atoms with E-state index >= 15 is 0 Å². The fourth-order valence-corrected chi connectivity index (χ4v) is 3.00. The van der Waals surface area contributed by atoms with Gasteiger partial charge >= 0.3 is 13.8 Å². The van der Waals surface area contributed by atoms with Crippen molar-refractivity contribution < 1.29 is 33.1 Å². The van der Waals surface area contributed by atoms with Crippen LogP contribution in [0.25, 0.3) is 23.2 Å². The Balaban J connectivity index is 1.89. The molecular weight excluding hydrogens is 399 g/mol. The average molecular weight is 418 g/mol. The number of aromatic nitrogens is 2. The summed E-state index contributed by atoms with van der Waals surface area (Å²) in [6.07, 6.45) is 3.50. The molecular formula is C19H19N2O7P. The highest BCUT2D eigenvalue weighted by molar-refractivity contribution is 7.46. The first-order chi connectivity index (χ1) is 13.8. The minimum Gasteiger partial charge on any atom is -0.493 e. The molecule has 0 spiro atoms. The lowest BCUT2D eigenvalue weighted by Crippen LogP contribution is -2.03. The van der Waals surface area contributed by atoms with Gasteiger partial charge in [0.05, 0.1) is 24.8 Å². The van der Waals surface area contributed by atoms with Crippen molar-refractivity contribution in [2.75, 3.05) is 13.7 Å². The number of carbonyl (C=O) groups is 1. The monoisotopic (exact) mass is 418 g/mol. The molecule has 0 bridgehead atoms. The van der Waals surface area contributed by atoms with Crippen molar-refractivity contribution in [2.45, 2.75) is 6.92 Å². The molecule has 0 fully saturated rings. The van der Waals surface area contributed by atoms with E-state index in [1.54, 1.807) is 37.5 Å². The Hall–Kier alpha value is -3.13. The summed E-state index contributed by atoms with van der Waals surface area (Å²) in [4.78, 5) is 37.0. The number of imidazole rings is 1. The molecule has 3 N–H and O–H groups in total. The fourth-order valence-electron chi connectivity index (χ4n) is 2.69. The molecule has 0 saturated heterocycles. The molecule has 3 aromatic rings. The minimum atomic E-state index is -4.95. The van der Waals surface area contributed by atoms with E-state index in [1.165, 1.54) is 6.07 Å². The Morgan fingerprint density at radius 3 is 2.69 bits per heavy atom. The maximum absolute atomic E-state index is 12.0. The number of para-hydroxylation sites is 1. The molecule has 0 aliphatic rings. The maximum Gasteiger partial charge on any atom is 0.527 e. The Labute approximate surface area is 166 Å². The first-order valence-corrected chi connectivity index (χ1v) is 10.1. The third kappa shape index (κ3) is 5.03. The number of phosphoric ester groups is 1. The Morgan fingerprint density at radius 1 is 1.21 bits per heavy atom. The molecule has 0 atom stereocenters. The van der Waals surface area contributed by atoms with Crippen LogP contribution < -0.4 is 9.47 Å². The van der Waals surface area contributed by atoms with E-state index in [-0.39, 0.29) is 11.1 Å². The van der Waals surface area contributed by atoms with Crippen LogP contribution in [0.2, 0.25) is 0 Å². The van der Waals surface area contributed by atoms with Crippen LogP contribution >= 0.6 is 7.82 Å². The van der Waals surface area contributed by atoms with Crippen LogP contribution in [0.4, 0.5) is 0 Å². The number of methoxy groups -OCH3 is 1. The molecule has 2 aromatic carbocycles. The van der Waals surface area contributed by atoms with Gasteiger partial charge in [0.1, 0.15) is 11.3 Å². The molecule has 10 heteroatoms. The van der Waals surface area contributed by atoms with Crippen LogP contribution in [-0.2, 0) is 9.09 Å². The highest BCUT2D eigenvalue weighted by atomic mass is 31.2. The summed E-state index contributed by atoms with van der Waals surface area (Å²) in [5, 5.41) is 0. The quantitative estimate of drug-likeness (QED) is 0.498. The number of nitrogens with one attached hydrogen (secondary N) is 1. The molecule has 152 valence electrons. The standard InChI is InChI=1S/C19H19N2O7P/c1-3-27-15-9-7-12(11-16(15)26-2)8-10-17-20-14-6-4-5-13(18(14)21-17)19(22)28-29(23,24)25/h4-11H,3H2,1-2H3,(H,20,21)(H2,23,24,25)/b10-8+. The molecule has 0 unspecified atom stereocenters. The zero-order valence-corrected chi connectivity index (χ0v) is 16.6. The van der Waals surface area contributed by atoms with Crippen molar-refractivity contribution in [3.63, 3.8) is 0 Å².